The predicted octanol–water partition coefficient (Wildman–Crippen LogP) is 3.31. The van der Waals surface area contributed by atoms with Crippen LogP contribution >= 0.6 is 11.6 Å². The van der Waals surface area contributed by atoms with Crippen LogP contribution in [-0.4, -0.2) is 18.8 Å². The van der Waals surface area contributed by atoms with E-state index in [4.69, 9.17) is 27.5 Å². The number of rotatable bonds is 4. The van der Waals surface area contributed by atoms with Crippen LogP contribution in [0.1, 0.15) is 13.8 Å². The van der Waals surface area contributed by atoms with E-state index in [1.165, 1.54) is 0 Å². The van der Waals surface area contributed by atoms with Crippen molar-refractivity contribution in [2.24, 2.45) is 0 Å². The molecule has 0 radical (unpaired) electrons. The molecule has 1 N–H and O–H groups in total. The number of hydrogen-bond acceptors (Lipinski definition) is 3. The van der Waals surface area contributed by atoms with Crippen LogP contribution in [0, 0.1) is 12.3 Å². The molecule has 96 valence electrons. The molecular formula is C13H14ClNO3. The van der Waals surface area contributed by atoms with Gasteiger partial charge in [-0.2, -0.15) is 0 Å². The third-order valence-corrected chi connectivity index (χ3v) is 2.13. The minimum atomic E-state index is -0.529. The fourth-order valence-electron chi connectivity index (χ4n) is 1.18. The summed E-state index contributed by atoms with van der Waals surface area (Å²) in [7, 11) is 0. The second-order valence-corrected chi connectivity index (χ2v) is 4.12. The van der Waals surface area contributed by atoms with Gasteiger partial charge in [0.25, 0.3) is 0 Å². The van der Waals surface area contributed by atoms with E-state index < -0.39 is 6.09 Å². The number of terminal acetylenes is 1. The van der Waals surface area contributed by atoms with Gasteiger partial charge in [-0.1, -0.05) is 17.5 Å². The Labute approximate surface area is 111 Å². The van der Waals surface area contributed by atoms with Crippen LogP contribution in [0.4, 0.5) is 10.5 Å². The minimum absolute atomic E-state index is 0.141. The topological polar surface area (TPSA) is 47.6 Å². The van der Waals surface area contributed by atoms with Crippen LogP contribution in [-0.2, 0) is 4.74 Å². The molecular weight excluding hydrogens is 254 g/mol. The summed E-state index contributed by atoms with van der Waals surface area (Å²) >= 11 is 5.97. The highest BCUT2D eigenvalue weighted by Crippen LogP contribution is 2.27. The molecule has 0 saturated carbocycles. The summed E-state index contributed by atoms with van der Waals surface area (Å²) in [5, 5.41) is 2.92. The van der Waals surface area contributed by atoms with Crippen LogP contribution in [0.3, 0.4) is 0 Å². The fourth-order valence-corrected chi connectivity index (χ4v) is 1.41. The average molecular weight is 268 g/mol. The second kappa shape index (κ2) is 6.77. The lowest BCUT2D eigenvalue weighted by Crippen LogP contribution is -2.17. The van der Waals surface area contributed by atoms with Gasteiger partial charge in [0.15, 0.2) is 0 Å². The zero-order valence-corrected chi connectivity index (χ0v) is 11.0. The molecule has 18 heavy (non-hydrogen) atoms. The van der Waals surface area contributed by atoms with Crippen LogP contribution in [0.5, 0.6) is 5.75 Å². The summed E-state index contributed by atoms with van der Waals surface area (Å²) in [5.41, 5.74) is 0.527. The smallest absolute Gasteiger partial charge is 0.411 e. The SMILES string of the molecule is C#CCOc1ccc(NC(=O)OC(C)C)cc1Cl. The Balaban J connectivity index is 2.67. The maximum atomic E-state index is 11.4. The quantitative estimate of drug-likeness (QED) is 0.852. The highest BCUT2D eigenvalue weighted by Gasteiger charge is 2.08. The Kier molecular flexibility index (Phi) is 5.34. The molecule has 4 nitrogen and oxygen atoms in total. The molecule has 1 rings (SSSR count). The van der Waals surface area contributed by atoms with Crippen LogP contribution in [0.2, 0.25) is 5.02 Å². The largest absolute Gasteiger partial charge is 0.479 e. The normalized spacial score (nSPS) is 9.72. The van der Waals surface area contributed by atoms with Crippen molar-refractivity contribution in [3.05, 3.63) is 23.2 Å². The van der Waals surface area contributed by atoms with E-state index in [1.807, 2.05) is 0 Å². The van der Waals surface area contributed by atoms with Gasteiger partial charge < -0.3 is 9.47 Å². The van der Waals surface area contributed by atoms with E-state index in [-0.39, 0.29) is 12.7 Å². The first-order valence-electron chi connectivity index (χ1n) is 5.36. The molecule has 1 aromatic carbocycles. The highest BCUT2D eigenvalue weighted by molar-refractivity contribution is 6.32. The Hall–Kier alpha value is -1.86. The summed E-state index contributed by atoms with van der Waals surface area (Å²) in [6.07, 6.45) is 4.37. The van der Waals surface area contributed by atoms with Crippen molar-refractivity contribution >= 4 is 23.4 Å². The van der Waals surface area contributed by atoms with Crippen LogP contribution in [0.15, 0.2) is 18.2 Å². The monoisotopic (exact) mass is 267 g/mol. The molecule has 0 aliphatic rings. The number of benzene rings is 1. The number of amides is 1. The standard InChI is InChI=1S/C13H14ClNO3/c1-4-7-17-12-6-5-10(8-11(12)14)15-13(16)18-9(2)3/h1,5-6,8-9H,7H2,2-3H3,(H,15,16). The van der Waals surface area contributed by atoms with E-state index in [2.05, 4.69) is 11.2 Å². The van der Waals surface area contributed by atoms with Gasteiger partial charge in [-0.05, 0) is 32.0 Å². The lowest BCUT2D eigenvalue weighted by Gasteiger charge is -2.11. The zero-order valence-electron chi connectivity index (χ0n) is 10.2. The van der Waals surface area contributed by atoms with E-state index in [0.717, 1.165) is 0 Å². The average Bonchev–Trinajstić information content (AvgIpc) is 2.26. The fraction of sp³-hybridized carbons (Fsp3) is 0.308. The van der Waals surface area contributed by atoms with Gasteiger partial charge in [-0.15, -0.1) is 6.42 Å². The number of anilines is 1. The van der Waals surface area contributed by atoms with Gasteiger partial charge >= 0.3 is 6.09 Å². The van der Waals surface area contributed by atoms with Crippen molar-refractivity contribution in [3.8, 4) is 18.1 Å². The van der Waals surface area contributed by atoms with Crippen molar-refractivity contribution in [1.82, 2.24) is 0 Å². The Bertz CT molecular complexity index is 466. The van der Waals surface area contributed by atoms with Crippen molar-refractivity contribution in [2.45, 2.75) is 20.0 Å². The molecule has 0 atom stereocenters. The lowest BCUT2D eigenvalue weighted by atomic mass is 10.3. The van der Waals surface area contributed by atoms with Crippen molar-refractivity contribution in [3.63, 3.8) is 0 Å². The molecule has 0 fully saturated rings. The Morgan fingerprint density at radius 1 is 1.56 bits per heavy atom. The number of nitrogens with one attached hydrogen (secondary N) is 1. The third-order valence-electron chi connectivity index (χ3n) is 1.83. The van der Waals surface area contributed by atoms with Gasteiger partial charge in [0, 0.05) is 5.69 Å². The van der Waals surface area contributed by atoms with Gasteiger partial charge in [0.1, 0.15) is 12.4 Å². The summed E-state index contributed by atoms with van der Waals surface area (Å²) in [4.78, 5) is 11.4. The molecule has 5 heteroatoms. The molecule has 1 aromatic rings. The molecule has 1 amide bonds. The van der Waals surface area contributed by atoms with Crippen molar-refractivity contribution in [1.29, 1.82) is 0 Å². The summed E-state index contributed by atoms with van der Waals surface area (Å²) in [5.74, 6) is 2.81. The van der Waals surface area contributed by atoms with E-state index in [1.54, 1.807) is 32.0 Å². The molecule has 0 unspecified atom stereocenters. The van der Waals surface area contributed by atoms with E-state index >= 15 is 0 Å². The number of carbonyl (C=O) groups is 1. The summed E-state index contributed by atoms with van der Waals surface area (Å²) in [6, 6.07) is 4.85. The molecule has 0 spiro atoms. The molecule has 0 heterocycles. The molecule has 0 aliphatic carbocycles. The van der Waals surface area contributed by atoms with Gasteiger partial charge in [0.05, 0.1) is 11.1 Å². The molecule has 0 aromatic heterocycles. The van der Waals surface area contributed by atoms with E-state index in [9.17, 15) is 4.79 Å². The van der Waals surface area contributed by atoms with Crippen molar-refractivity contribution < 1.29 is 14.3 Å². The van der Waals surface area contributed by atoms with Crippen molar-refractivity contribution in [2.75, 3.05) is 11.9 Å². The minimum Gasteiger partial charge on any atom is -0.479 e. The first-order chi connectivity index (χ1) is 8.52. The molecule has 0 aliphatic heterocycles. The molecule has 0 bridgehead atoms. The van der Waals surface area contributed by atoms with E-state index in [0.29, 0.717) is 16.5 Å². The maximum Gasteiger partial charge on any atom is 0.411 e. The Morgan fingerprint density at radius 3 is 2.83 bits per heavy atom. The van der Waals surface area contributed by atoms with Gasteiger partial charge in [-0.25, -0.2) is 4.79 Å². The number of carbonyl (C=O) groups excluding carboxylic acids is 1. The predicted molar refractivity (Wildman–Crippen MR) is 71.0 cm³/mol. The maximum absolute atomic E-state index is 11.4. The number of ether oxygens (including phenoxy) is 2. The lowest BCUT2D eigenvalue weighted by molar-refractivity contribution is 0.130. The zero-order chi connectivity index (χ0) is 13.5. The second-order valence-electron chi connectivity index (χ2n) is 3.72. The number of halogens is 1. The first-order valence-corrected chi connectivity index (χ1v) is 5.74. The van der Waals surface area contributed by atoms with Gasteiger partial charge in [0.2, 0.25) is 0 Å². The summed E-state index contributed by atoms with van der Waals surface area (Å²) in [6.45, 7) is 3.68. The number of hydrogen-bond donors (Lipinski definition) is 1. The van der Waals surface area contributed by atoms with Crippen LogP contribution in [0.25, 0.3) is 0 Å². The third kappa shape index (κ3) is 4.56. The summed E-state index contributed by atoms with van der Waals surface area (Å²) < 4.78 is 10.1. The van der Waals surface area contributed by atoms with Crippen LogP contribution < -0.4 is 10.1 Å². The molecule has 0 saturated heterocycles. The first kappa shape index (κ1) is 14.2. The Morgan fingerprint density at radius 2 is 2.28 bits per heavy atom. The van der Waals surface area contributed by atoms with Gasteiger partial charge in [-0.3, -0.25) is 5.32 Å². The highest BCUT2D eigenvalue weighted by atomic mass is 35.5.